The molecule has 0 saturated heterocycles. The molecule has 1 rings (SSSR count). The average Bonchev–Trinajstić information content (AvgIpc) is 2.60. The van der Waals surface area contributed by atoms with Crippen molar-refractivity contribution < 1.29 is 19.1 Å². The number of amides is 3. The van der Waals surface area contributed by atoms with Gasteiger partial charge in [-0.1, -0.05) is 29.8 Å². The van der Waals surface area contributed by atoms with E-state index in [0.29, 0.717) is 0 Å². The average molecular weight is 446 g/mol. The second-order valence-electron chi connectivity index (χ2n) is 10.1. The molecule has 0 bridgehead atoms. The number of hydrogen-bond donors (Lipinski definition) is 2. The van der Waals surface area contributed by atoms with Gasteiger partial charge >= 0.3 is 6.09 Å². The van der Waals surface area contributed by atoms with E-state index in [4.69, 9.17) is 4.74 Å². The molecule has 2 unspecified atom stereocenters. The number of nitrogens with one attached hydrogen (secondary N) is 2. The van der Waals surface area contributed by atoms with Crippen molar-refractivity contribution in [1.82, 2.24) is 15.5 Å². The first-order valence-electron chi connectivity index (χ1n) is 10.9. The molecule has 0 radical (unpaired) electrons. The third-order valence-electron chi connectivity index (χ3n) is 4.50. The molecule has 2 N–H and O–H groups in total. The van der Waals surface area contributed by atoms with Gasteiger partial charge in [-0.15, -0.1) is 6.58 Å². The number of ether oxygens (including phenoxy) is 1. The first-order chi connectivity index (χ1) is 14.6. The number of hydrogen-bond acceptors (Lipinski definition) is 4. The number of carbonyl (C=O) groups excluding carboxylic acids is 3. The van der Waals surface area contributed by atoms with E-state index in [9.17, 15) is 14.4 Å². The zero-order valence-corrected chi connectivity index (χ0v) is 21.0. The molecule has 0 spiro atoms. The van der Waals surface area contributed by atoms with Gasteiger partial charge in [0.05, 0.1) is 0 Å². The van der Waals surface area contributed by atoms with Crippen molar-refractivity contribution in [2.75, 3.05) is 6.54 Å². The molecule has 0 aliphatic rings. The van der Waals surface area contributed by atoms with Crippen molar-refractivity contribution in [3.63, 3.8) is 0 Å². The SMILES string of the molecule is C=CCN(C(=O)C(C)NC(=O)OC(C)(C)C)C(C(=O)NC(C)(C)C)c1cc(C)ccc1C. The van der Waals surface area contributed by atoms with Crippen molar-refractivity contribution in [1.29, 1.82) is 0 Å². The zero-order valence-electron chi connectivity index (χ0n) is 21.0. The van der Waals surface area contributed by atoms with Crippen LogP contribution >= 0.6 is 0 Å². The minimum absolute atomic E-state index is 0.134. The molecule has 7 heteroatoms. The number of carbonyl (C=O) groups is 3. The van der Waals surface area contributed by atoms with E-state index in [-0.39, 0.29) is 12.5 Å². The van der Waals surface area contributed by atoms with Crippen molar-refractivity contribution >= 4 is 17.9 Å². The third-order valence-corrected chi connectivity index (χ3v) is 4.50. The van der Waals surface area contributed by atoms with Crippen LogP contribution in [-0.2, 0) is 14.3 Å². The molecule has 178 valence electrons. The van der Waals surface area contributed by atoms with Crippen LogP contribution in [0.5, 0.6) is 0 Å². The molecule has 0 aromatic heterocycles. The summed E-state index contributed by atoms with van der Waals surface area (Å²) in [7, 11) is 0. The smallest absolute Gasteiger partial charge is 0.408 e. The van der Waals surface area contributed by atoms with Gasteiger partial charge in [-0.05, 0) is 73.4 Å². The van der Waals surface area contributed by atoms with Crippen molar-refractivity contribution in [2.45, 2.75) is 85.5 Å². The Morgan fingerprint density at radius 3 is 2.22 bits per heavy atom. The lowest BCUT2D eigenvalue weighted by molar-refractivity contribution is -0.142. The maximum absolute atomic E-state index is 13.4. The number of nitrogens with zero attached hydrogens (tertiary/aromatic N) is 1. The number of benzene rings is 1. The molecule has 1 aromatic rings. The molecule has 1 aromatic carbocycles. The maximum Gasteiger partial charge on any atom is 0.408 e. The highest BCUT2D eigenvalue weighted by Crippen LogP contribution is 2.27. The van der Waals surface area contributed by atoms with Gasteiger partial charge < -0.3 is 20.3 Å². The van der Waals surface area contributed by atoms with Crippen molar-refractivity contribution in [2.24, 2.45) is 0 Å². The molecule has 3 amide bonds. The summed E-state index contributed by atoms with van der Waals surface area (Å²) in [5.74, 6) is -0.711. The van der Waals surface area contributed by atoms with Crippen molar-refractivity contribution in [3.05, 3.63) is 47.5 Å². The summed E-state index contributed by atoms with van der Waals surface area (Å²) >= 11 is 0. The van der Waals surface area contributed by atoms with E-state index >= 15 is 0 Å². The monoisotopic (exact) mass is 445 g/mol. The van der Waals surface area contributed by atoms with E-state index < -0.39 is 35.2 Å². The highest BCUT2D eigenvalue weighted by molar-refractivity contribution is 5.92. The Kier molecular flexibility index (Phi) is 9.06. The van der Waals surface area contributed by atoms with Gasteiger partial charge in [0.2, 0.25) is 11.8 Å². The van der Waals surface area contributed by atoms with Crippen LogP contribution in [0.15, 0.2) is 30.9 Å². The minimum Gasteiger partial charge on any atom is -0.444 e. The highest BCUT2D eigenvalue weighted by atomic mass is 16.6. The molecule has 0 heterocycles. The fourth-order valence-corrected chi connectivity index (χ4v) is 3.20. The van der Waals surface area contributed by atoms with Gasteiger partial charge in [-0.2, -0.15) is 0 Å². The predicted molar refractivity (Wildman–Crippen MR) is 127 cm³/mol. The number of alkyl carbamates (subject to hydrolysis) is 1. The maximum atomic E-state index is 13.4. The van der Waals surface area contributed by atoms with Gasteiger partial charge in [0.1, 0.15) is 17.7 Å². The summed E-state index contributed by atoms with van der Waals surface area (Å²) in [5.41, 5.74) is 1.41. The molecule has 2 atom stereocenters. The lowest BCUT2D eigenvalue weighted by Gasteiger charge is -2.35. The first kappa shape index (κ1) is 27.2. The second-order valence-corrected chi connectivity index (χ2v) is 10.1. The lowest BCUT2D eigenvalue weighted by Crippen LogP contribution is -2.54. The van der Waals surface area contributed by atoms with Crippen LogP contribution in [0, 0.1) is 13.8 Å². The summed E-state index contributed by atoms with van der Waals surface area (Å²) < 4.78 is 5.27. The van der Waals surface area contributed by atoms with Crippen LogP contribution in [0.1, 0.15) is 71.2 Å². The van der Waals surface area contributed by atoms with E-state index in [1.54, 1.807) is 33.8 Å². The topological polar surface area (TPSA) is 87.7 Å². The van der Waals surface area contributed by atoms with Crippen LogP contribution in [0.2, 0.25) is 0 Å². The van der Waals surface area contributed by atoms with Gasteiger partial charge in [0.25, 0.3) is 0 Å². The van der Waals surface area contributed by atoms with Crippen LogP contribution < -0.4 is 10.6 Å². The Labute approximate surface area is 192 Å². The second kappa shape index (κ2) is 10.7. The van der Waals surface area contributed by atoms with Crippen LogP contribution in [0.25, 0.3) is 0 Å². The molecular formula is C25H39N3O4. The summed E-state index contributed by atoms with van der Waals surface area (Å²) in [6, 6.07) is 4.02. The Bertz CT molecular complexity index is 850. The summed E-state index contributed by atoms with van der Waals surface area (Å²) in [5, 5.41) is 5.57. The summed E-state index contributed by atoms with van der Waals surface area (Å²) in [4.78, 5) is 40.5. The first-order valence-corrected chi connectivity index (χ1v) is 10.9. The molecule has 0 fully saturated rings. The predicted octanol–water partition coefficient (Wildman–Crippen LogP) is 4.19. The lowest BCUT2D eigenvalue weighted by atomic mass is 9.95. The minimum atomic E-state index is -0.903. The van der Waals surface area contributed by atoms with Crippen molar-refractivity contribution in [3.8, 4) is 0 Å². The quantitative estimate of drug-likeness (QED) is 0.616. The molecule has 0 aliphatic heterocycles. The molecular weight excluding hydrogens is 406 g/mol. The third kappa shape index (κ3) is 8.36. The molecule has 0 aliphatic carbocycles. The molecule has 0 saturated carbocycles. The van der Waals surface area contributed by atoms with E-state index in [0.717, 1.165) is 16.7 Å². The number of rotatable bonds is 7. The van der Waals surface area contributed by atoms with Gasteiger partial charge in [-0.3, -0.25) is 9.59 Å². The van der Waals surface area contributed by atoms with E-state index in [2.05, 4.69) is 17.2 Å². The van der Waals surface area contributed by atoms with E-state index in [1.807, 2.05) is 52.8 Å². The largest absolute Gasteiger partial charge is 0.444 e. The molecule has 32 heavy (non-hydrogen) atoms. The number of aryl methyl sites for hydroxylation is 2. The van der Waals surface area contributed by atoms with Gasteiger partial charge in [-0.25, -0.2) is 4.79 Å². The van der Waals surface area contributed by atoms with Gasteiger partial charge in [0.15, 0.2) is 0 Å². The Hall–Kier alpha value is -2.83. The Balaban J connectivity index is 3.38. The van der Waals surface area contributed by atoms with Crippen LogP contribution in [0.4, 0.5) is 4.79 Å². The Morgan fingerprint density at radius 1 is 1.12 bits per heavy atom. The van der Waals surface area contributed by atoms with E-state index in [1.165, 1.54) is 4.90 Å². The molecule has 7 nitrogen and oxygen atoms in total. The standard InChI is InChI=1S/C25H39N3O4/c1-11-14-28(22(30)18(4)26-23(31)32-25(8,9)10)20(21(29)27-24(5,6)7)19-15-16(2)12-13-17(19)3/h11-13,15,18,20H,1,14H2,2-10H3,(H,26,31)(H,27,29). The normalized spacial score (nSPS) is 13.5. The zero-order chi connectivity index (χ0) is 24.9. The highest BCUT2D eigenvalue weighted by Gasteiger charge is 2.36. The Morgan fingerprint density at radius 2 is 1.72 bits per heavy atom. The van der Waals surface area contributed by atoms with Crippen LogP contribution in [-0.4, -0.2) is 46.5 Å². The fraction of sp³-hybridized carbons (Fsp3) is 0.560. The van der Waals surface area contributed by atoms with Gasteiger partial charge in [0, 0.05) is 12.1 Å². The van der Waals surface area contributed by atoms with Crippen LogP contribution in [0.3, 0.4) is 0 Å². The summed E-state index contributed by atoms with van der Waals surface area (Å²) in [6.07, 6.45) is 0.875. The fourth-order valence-electron chi connectivity index (χ4n) is 3.20. The summed E-state index contributed by atoms with van der Waals surface area (Å²) in [6.45, 7) is 20.2.